The van der Waals surface area contributed by atoms with Crippen molar-refractivity contribution in [2.75, 3.05) is 6.61 Å². The van der Waals surface area contributed by atoms with Crippen molar-refractivity contribution in [3.63, 3.8) is 0 Å². The van der Waals surface area contributed by atoms with E-state index in [9.17, 15) is 24.9 Å². The van der Waals surface area contributed by atoms with E-state index in [1.165, 1.54) is 19.3 Å². The highest BCUT2D eigenvalue weighted by Crippen LogP contribution is 2.67. The summed E-state index contributed by atoms with van der Waals surface area (Å²) >= 11 is 0. The van der Waals surface area contributed by atoms with Gasteiger partial charge in [0.15, 0.2) is 5.78 Å². The molecule has 4 aliphatic rings. The number of aliphatic hydroxyl groups excluding tert-OH is 2. The minimum atomic E-state index is -1.07. The van der Waals surface area contributed by atoms with E-state index >= 15 is 0 Å². The fraction of sp³-hybridized carbons (Fsp3) is 0.826. The summed E-state index contributed by atoms with van der Waals surface area (Å²) < 4.78 is 0. The van der Waals surface area contributed by atoms with Gasteiger partial charge in [-0.15, -0.1) is 0 Å². The molecule has 0 radical (unpaired) electrons. The van der Waals surface area contributed by atoms with Crippen LogP contribution in [0.2, 0.25) is 0 Å². The summed E-state index contributed by atoms with van der Waals surface area (Å²) in [6.07, 6.45) is 8.29. The van der Waals surface area contributed by atoms with Gasteiger partial charge in [0.2, 0.25) is 0 Å². The lowest BCUT2D eigenvalue weighted by molar-refractivity contribution is -0.163. The first-order valence-corrected chi connectivity index (χ1v) is 11.0. The van der Waals surface area contributed by atoms with E-state index in [4.69, 9.17) is 0 Å². The van der Waals surface area contributed by atoms with Gasteiger partial charge in [-0.25, -0.2) is 0 Å². The topological polar surface area (TPSA) is 94.8 Å². The minimum Gasteiger partial charge on any atom is -0.481 e. The van der Waals surface area contributed by atoms with Crippen molar-refractivity contribution in [1.82, 2.24) is 0 Å². The van der Waals surface area contributed by atoms with Gasteiger partial charge < -0.3 is 15.3 Å². The van der Waals surface area contributed by atoms with Gasteiger partial charge in [-0.05, 0) is 85.5 Å². The lowest BCUT2D eigenvalue weighted by atomic mass is 9.43. The molecule has 3 unspecified atom stereocenters. The Labute approximate surface area is 167 Å². The number of carbonyl (C=O) groups is 2. The average molecular weight is 391 g/mol. The Hall–Kier alpha value is -1.20. The maximum atomic E-state index is 12.7. The quantitative estimate of drug-likeness (QED) is 0.641. The van der Waals surface area contributed by atoms with Crippen LogP contribution >= 0.6 is 0 Å². The molecule has 4 rings (SSSR count). The van der Waals surface area contributed by atoms with Gasteiger partial charge in [-0.3, -0.25) is 9.59 Å². The van der Waals surface area contributed by atoms with E-state index < -0.39 is 23.4 Å². The molecular weight excluding hydrogens is 356 g/mol. The van der Waals surface area contributed by atoms with E-state index in [2.05, 4.69) is 13.8 Å². The standard InChI is InChI=1S/C23H34O5/c1-22-9-3-5-15(22)14-8-7-13-11-17(25)19(21(27)28)16(6-4-10-24)23(13,2)20(14)18(26)12-22/h11,14-16,18-20,24,26H,3-10,12H2,1-2H3,(H,27,28)/t14-,15-,16?,18?,19?,20-,22-,23+/m0/s1. The third-order valence-corrected chi connectivity index (χ3v) is 9.09. The van der Waals surface area contributed by atoms with Gasteiger partial charge in [-0.1, -0.05) is 25.8 Å². The molecule has 0 bridgehead atoms. The van der Waals surface area contributed by atoms with Gasteiger partial charge in [0.05, 0.1) is 6.10 Å². The number of hydrogen-bond donors (Lipinski definition) is 3. The van der Waals surface area contributed by atoms with Gasteiger partial charge in [0.25, 0.3) is 0 Å². The van der Waals surface area contributed by atoms with Gasteiger partial charge in [-0.2, -0.15) is 0 Å². The third kappa shape index (κ3) is 2.72. The molecule has 0 amide bonds. The number of carbonyl (C=O) groups excluding carboxylic acids is 1. The number of hydrogen-bond acceptors (Lipinski definition) is 4. The number of carboxylic acids is 1. The van der Waals surface area contributed by atoms with Gasteiger partial charge in [0, 0.05) is 6.61 Å². The van der Waals surface area contributed by atoms with E-state index in [1.807, 2.05) is 0 Å². The molecule has 28 heavy (non-hydrogen) atoms. The summed E-state index contributed by atoms with van der Waals surface area (Å²) in [4.78, 5) is 24.8. The van der Waals surface area contributed by atoms with Crippen LogP contribution in [-0.4, -0.2) is 39.8 Å². The van der Waals surface area contributed by atoms with Crippen LogP contribution < -0.4 is 0 Å². The summed E-state index contributed by atoms with van der Waals surface area (Å²) in [6.45, 7) is 4.43. The number of allylic oxidation sites excluding steroid dienone is 1. The predicted molar refractivity (Wildman–Crippen MR) is 104 cm³/mol. The second-order valence-corrected chi connectivity index (χ2v) is 10.3. The summed E-state index contributed by atoms with van der Waals surface area (Å²) in [5.74, 6) is -1.83. The first-order valence-electron chi connectivity index (χ1n) is 11.0. The molecular formula is C23H34O5. The van der Waals surface area contributed by atoms with Gasteiger partial charge >= 0.3 is 5.97 Å². The lowest BCUT2D eigenvalue weighted by Gasteiger charge is -2.61. The monoisotopic (exact) mass is 390 g/mol. The number of ketones is 1. The molecule has 0 heterocycles. The highest BCUT2D eigenvalue weighted by atomic mass is 16.4. The normalized spacial score (nSPS) is 47.7. The van der Waals surface area contributed by atoms with Crippen LogP contribution in [0.15, 0.2) is 11.6 Å². The van der Waals surface area contributed by atoms with E-state index in [0.29, 0.717) is 24.7 Å². The first-order chi connectivity index (χ1) is 13.2. The van der Waals surface area contributed by atoms with Crippen LogP contribution in [0.5, 0.6) is 0 Å². The fourth-order valence-corrected chi connectivity index (χ4v) is 8.01. The Kier molecular flexibility index (Phi) is 4.98. The van der Waals surface area contributed by atoms with Crippen LogP contribution in [0.25, 0.3) is 0 Å². The molecule has 8 atom stereocenters. The Morgan fingerprint density at radius 1 is 1.29 bits per heavy atom. The van der Waals surface area contributed by atoms with Crippen molar-refractivity contribution >= 4 is 11.8 Å². The molecule has 0 spiro atoms. The number of fused-ring (bicyclic) bond motifs is 5. The summed E-state index contributed by atoms with van der Waals surface area (Å²) in [7, 11) is 0. The Bertz CT molecular complexity index is 699. The summed E-state index contributed by atoms with van der Waals surface area (Å²) in [6, 6.07) is 0. The summed E-state index contributed by atoms with van der Waals surface area (Å²) in [5.41, 5.74) is 0.744. The Morgan fingerprint density at radius 2 is 2.04 bits per heavy atom. The van der Waals surface area contributed by atoms with Crippen molar-refractivity contribution in [1.29, 1.82) is 0 Å². The zero-order chi connectivity index (χ0) is 20.3. The predicted octanol–water partition coefficient (Wildman–Crippen LogP) is 3.19. The third-order valence-electron chi connectivity index (χ3n) is 9.09. The van der Waals surface area contributed by atoms with E-state index in [1.54, 1.807) is 6.08 Å². The Balaban J connectivity index is 1.80. The Morgan fingerprint density at radius 3 is 2.71 bits per heavy atom. The van der Waals surface area contributed by atoms with Crippen molar-refractivity contribution in [2.45, 2.75) is 71.3 Å². The fourth-order valence-electron chi connectivity index (χ4n) is 8.01. The second kappa shape index (κ2) is 6.94. The summed E-state index contributed by atoms with van der Waals surface area (Å²) in [5, 5.41) is 30.6. The van der Waals surface area contributed by atoms with Crippen molar-refractivity contribution in [2.24, 2.45) is 40.4 Å². The largest absolute Gasteiger partial charge is 0.481 e. The number of rotatable bonds is 4. The molecule has 0 aromatic carbocycles. The molecule has 0 saturated heterocycles. The van der Waals surface area contributed by atoms with E-state index in [0.717, 1.165) is 24.8 Å². The maximum absolute atomic E-state index is 12.7. The molecule has 5 nitrogen and oxygen atoms in total. The minimum absolute atomic E-state index is 0.00215. The number of carboxylic acid groups (broad SMARTS) is 1. The van der Waals surface area contributed by atoms with Crippen LogP contribution in [0.1, 0.15) is 65.2 Å². The highest BCUT2D eigenvalue weighted by molar-refractivity contribution is 6.06. The number of aliphatic hydroxyl groups is 2. The second-order valence-electron chi connectivity index (χ2n) is 10.3. The molecule has 3 N–H and O–H groups in total. The van der Waals surface area contributed by atoms with Crippen LogP contribution in [0.3, 0.4) is 0 Å². The molecule has 4 aliphatic carbocycles. The van der Waals surface area contributed by atoms with E-state index in [-0.39, 0.29) is 29.6 Å². The molecule has 5 heteroatoms. The first kappa shape index (κ1) is 20.1. The lowest BCUT2D eigenvalue weighted by Crippen LogP contribution is -2.60. The molecule has 156 valence electrons. The zero-order valence-corrected chi connectivity index (χ0v) is 17.1. The average Bonchev–Trinajstić information content (AvgIpc) is 3.00. The van der Waals surface area contributed by atoms with Crippen molar-refractivity contribution < 1.29 is 24.9 Å². The molecule has 0 aromatic heterocycles. The zero-order valence-electron chi connectivity index (χ0n) is 17.1. The van der Waals surface area contributed by atoms with Crippen LogP contribution in [-0.2, 0) is 9.59 Å². The smallest absolute Gasteiger partial charge is 0.314 e. The maximum Gasteiger partial charge on any atom is 0.314 e. The van der Waals surface area contributed by atoms with Crippen molar-refractivity contribution in [3.8, 4) is 0 Å². The molecule has 3 saturated carbocycles. The molecule has 0 aromatic rings. The van der Waals surface area contributed by atoms with Gasteiger partial charge in [0.1, 0.15) is 5.92 Å². The van der Waals surface area contributed by atoms with Crippen LogP contribution in [0, 0.1) is 40.4 Å². The van der Waals surface area contributed by atoms with Crippen molar-refractivity contribution in [3.05, 3.63) is 11.6 Å². The van der Waals surface area contributed by atoms with Crippen LogP contribution in [0.4, 0.5) is 0 Å². The SMILES string of the molecule is C[C@@]12CCC[C@H]1[C@@H]1CCC3=CC(=O)C(C(=O)O)C(CCCO)[C@]3(C)[C@@H]1C(O)C2. The molecule has 3 fully saturated rings. The molecule has 0 aliphatic heterocycles. The highest BCUT2D eigenvalue weighted by Gasteiger charge is 2.63. The number of aliphatic carboxylic acids is 1.